The lowest BCUT2D eigenvalue weighted by molar-refractivity contribution is 0.640. The summed E-state index contributed by atoms with van der Waals surface area (Å²) < 4.78 is 14.0. The predicted molar refractivity (Wildman–Crippen MR) is 89.4 cm³/mol. The Morgan fingerprint density at radius 1 is 0.773 bits per heavy atom. The standard InChI is InChI=1S/C20H14FN/c1-13-12-20(22-19-11-3-2-6-14(13)19)17-9-4-8-16-15(17)7-5-10-18(16)21/h2-12H,1H3. The van der Waals surface area contributed by atoms with Crippen LogP contribution in [-0.2, 0) is 0 Å². The Morgan fingerprint density at radius 3 is 2.41 bits per heavy atom. The number of pyridine rings is 1. The molecule has 0 saturated carbocycles. The van der Waals surface area contributed by atoms with E-state index in [4.69, 9.17) is 4.98 Å². The van der Waals surface area contributed by atoms with Crippen LogP contribution < -0.4 is 0 Å². The van der Waals surface area contributed by atoms with Gasteiger partial charge in [-0.1, -0.05) is 48.5 Å². The Kier molecular flexibility index (Phi) is 2.90. The Bertz CT molecular complexity index is 1000. The second kappa shape index (κ2) is 4.92. The molecule has 4 rings (SSSR count). The van der Waals surface area contributed by atoms with E-state index >= 15 is 0 Å². The minimum absolute atomic E-state index is 0.197. The molecular formula is C20H14FN. The van der Waals surface area contributed by atoms with Crippen LogP contribution in [0.3, 0.4) is 0 Å². The van der Waals surface area contributed by atoms with E-state index in [0.717, 1.165) is 27.5 Å². The number of para-hydroxylation sites is 1. The number of hydrogen-bond acceptors (Lipinski definition) is 1. The van der Waals surface area contributed by atoms with E-state index in [-0.39, 0.29) is 5.82 Å². The molecule has 0 unspecified atom stereocenters. The maximum atomic E-state index is 14.0. The van der Waals surface area contributed by atoms with Crippen molar-refractivity contribution in [2.45, 2.75) is 6.92 Å². The van der Waals surface area contributed by atoms with Crippen molar-refractivity contribution in [1.82, 2.24) is 4.98 Å². The van der Waals surface area contributed by atoms with Gasteiger partial charge in [0, 0.05) is 16.3 Å². The zero-order valence-corrected chi connectivity index (χ0v) is 12.2. The topological polar surface area (TPSA) is 12.9 Å². The van der Waals surface area contributed by atoms with Crippen molar-refractivity contribution in [3.8, 4) is 11.3 Å². The van der Waals surface area contributed by atoms with E-state index in [1.54, 1.807) is 6.07 Å². The fraction of sp³-hybridized carbons (Fsp3) is 0.0500. The van der Waals surface area contributed by atoms with Gasteiger partial charge in [0.1, 0.15) is 5.82 Å². The van der Waals surface area contributed by atoms with E-state index in [9.17, 15) is 4.39 Å². The van der Waals surface area contributed by atoms with Gasteiger partial charge in [0.15, 0.2) is 0 Å². The molecular weight excluding hydrogens is 273 g/mol. The van der Waals surface area contributed by atoms with Crippen LogP contribution >= 0.6 is 0 Å². The number of aromatic nitrogens is 1. The summed E-state index contributed by atoms with van der Waals surface area (Å²) in [6.45, 7) is 2.08. The van der Waals surface area contributed by atoms with E-state index in [1.807, 2.05) is 42.5 Å². The molecule has 2 heteroatoms. The van der Waals surface area contributed by atoms with Crippen LogP contribution in [0.4, 0.5) is 4.39 Å². The first kappa shape index (κ1) is 13.0. The SMILES string of the molecule is Cc1cc(-c2cccc3c(F)cccc23)nc2ccccc12. The molecule has 1 heterocycles. The lowest BCUT2D eigenvalue weighted by Gasteiger charge is -2.10. The quantitative estimate of drug-likeness (QED) is 0.450. The van der Waals surface area contributed by atoms with Crippen molar-refractivity contribution in [2.24, 2.45) is 0 Å². The second-order valence-corrected chi connectivity index (χ2v) is 5.48. The highest BCUT2D eigenvalue weighted by Crippen LogP contribution is 2.31. The van der Waals surface area contributed by atoms with Crippen LogP contribution in [0.2, 0.25) is 0 Å². The van der Waals surface area contributed by atoms with Gasteiger partial charge in [-0.3, -0.25) is 0 Å². The average molecular weight is 287 g/mol. The average Bonchev–Trinajstić information content (AvgIpc) is 2.55. The first-order valence-corrected chi connectivity index (χ1v) is 7.28. The normalized spacial score (nSPS) is 11.2. The van der Waals surface area contributed by atoms with Gasteiger partial charge in [0.25, 0.3) is 0 Å². The third kappa shape index (κ3) is 1.96. The first-order valence-electron chi connectivity index (χ1n) is 7.28. The lowest BCUT2D eigenvalue weighted by atomic mass is 9.99. The lowest BCUT2D eigenvalue weighted by Crippen LogP contribution is -1.90. The summed E-state index contributed by atoms with van der Waals surface area (Å²) in [6, 6.07) is 21.0. The van der Waals surface area contributed by atoms with Crippen molar-refractivity contribution in [3.63, 3.8) is 0 Å². The number of hydrogen-bond donors (Lipinski definition) is 0. The molecule has 0 amide bonds. The number of nitrogens with zero attached hydrogens (tertiary/aromatic N) is 1. The summed E-state index contributed by atoms with van der Waals surface area (Å²) in [6.07, 6.45) is 0. The predicted octanol–water partition coefficient (Wildman–Crippen LogP) is 5.50. The summed E-state index contributed by atoms with van der Waals surface area (Å²) >= 11 is 0. The van der Waals surface area contributed by atoms with Crippen molar-refractivity contribution < 1.29 is 4.39 Å². The summed E-state index contributed by atoms with van der Waals surface area (Å²) in [5, 5.41) is 2.68. The summed E-state index contributed by atoms with van der Waals surface area (Å²) in [4.78, 5) is 4.76. The molecule has 0 atom stereocenters. The van der Waals surface area contributed by atoms with E-state index in [1.165, 1.54) is 11.6 Å². The van der Waals surface area contributed by atoms with Gasteiger partial charge in [-0.25, -0.2) is 9.37 Å². The highest BCUT2D eigenvalue weighted by molar-refractivity contribution is 5.97. The number of rotatable bonds is 1. The van der Waals surface area contributed by atoms with Crippen LogP contribution in [0, 0.1) is 12.7 Å². The molecule has 4 aromatic rings. The third-order valence-corrected chi connectivity index (χ3v) is 4.07. The Morgan fingerprint density at radius 2 is 1.50 bits per heavy atom. The van der Waals surface area contributed by atoms with Crippen molar-refractivity contribution >= 4 is 21.7 Å². The molecule has 0 fully saturated rings. The van der Waals surface area contributed by atoms with E-state index in [0.29, 0.717) is 5.39 Å². The zero-order chi connectivity index (χ0) is 15.1. The van der Waals surface area contributed by atoms with Gasteiger partial charge in [0.05, 0.1) is 11.2 Å². The van der Waals surface area contributed by atoms with Gasteiger partial charge >= 0.3 is 0 Å². The van der Waals surface area contributed by atoms with Crippen LogP contribution in [0.25, 0.3) is 32.9 Å². The van der Waals surface area contributed by atoms with Crippen LogP contribution in [-0.4, -0.2) is 4.98 Å². The molecule has 0 saturated heterocycles. The molecule has 0 bridgehead atoms. The Hall–Kier alpha value is -2.74. The molecule has 106 valence electrons. The van der Waals surface area contributed by atoms with Gasteiger partial charge in [-0.05, 0) is 36.1 Å². The first-order chi connectivity index (χ1) is 10.7. The minimum Gasteiger partial charge on any atom is -0.248 e. The molecule has 0 radical (unpaired) electrons. The molecule has 0 N–H and O–H groups in total. The Labute approximate surface area is 128 Å². The smallest absolute Gasteiger partial charge is 0.131 e. The fourth-order valence-electron chi connectivity index (χ4n) is 2.98. The molecule has 0 aliphatic heterocycles. The van der Waals surface area contributed by atoms with Crippen molar-refractivity contribution in [1.29, 1.82) is 0 Å². The van der Waals surface area contributed by atoms with Crippen LogP contribution in [0.1, 0.15) is 5.56 Å². The van der Waals surface area contributed by atoms with E-state index < -0.39 is 0 Å². The highest BCUT2D eigenvalue weighted by Gasteiger charge is 2.09. The second-order valence-electron chi connectivity index (χ2n) is 5.48. The summed E-state index contributed by atoms with van der Waals surface area (Å²) in [5.74, 6) is -0.197. The number of benzene rings is 3. The summed E-state index contributed by atoms with van der Waals surface area (Å²) in [7, 11) is 0. The summed E-state index contributed by atoms with van der Waals surface area (Å²) in [5.41, 5.74) is 3.98. The fourth-order valence-corrected chi connectivity index (χ4v) is 2.98. The van der Waals surface area contributed by atoms with Gasteiger partial charge in [0.2, 0.25) is 0 Å². The van der Waals surface area contributed by atoms with Gasteiger partial charge < -0.3 is 0 Å². The van der Waals surface area contributed by atoms with E-state index in [2.05, 4.69) is 19.1 Å². The maximum absolute atomic E-state index is 14.0. The van der Waals surface area contributed by atoms with Gasteiger partial charge in [-0.15, -0.1) is 0 Å². The monoisotopic (exact) mass is 287 g/mol. The number of aryl methyl sites for hydroxylation is 1. The van der Waals surface area contributed by atoms with Crippen molar-refractivity contribution in [3.05, 3.63) is 78.1 Å². The third-order valence-electron chi connectivity index (χ3n) is 4.07. The zero-order valence-electron chi connectivity index (χ0n) is 12.2. The molecule has 1 aromatic heterocycles. The molecule has 0 aliphatic rings. The molecule has 0 spiro atoms. The molecule has 3 aromatic carbocycles. The molecule has 1 nitrogen and oxygen atoms in total. The van der Waals surface area contributed by atoms with Crippen molar-refractivity contribution in [2.75, 3.05) is 0 Å². The molecule has 0 aliphatic carbocycles. The number of halogens is 1. The maximum Gasteiger partial charge on any atom is 0.131 e. The Balaban J connectivity index is 2.05. The van der Waals surface area contributed by atoms with Crippen LogP contribution in [0.15, 0.2) is 66.7 Å². The number of fused-ring (bicyclic) bond motifs is 2. The largest absolute Gasteiger partial charge is 0.248 e. The van der Waals surface area contributed by atoms with Crippen LogP contribution in [0.5, 0.6) is 0 Å². The van der Waals surface area contributed by atoms with Gasteiger partial charge in [-0.2, -0.15) is 0 Å². The molecule has 22 heavy (non-hydrogen) atoms. The highest BCUT2D eigenvalue weighted by atomic mass is 19.1. The minimum atomic E-state index is -0.197.